The van der Waals surface area contributed by atoms with Crippen LogP contribution >= 0.6 is 0 Å². The topological polar surface area (TPSA) is 61.6 Å². The molecule has 4 rings (SSSR count). The molecule has 0 atom stereocenters. The summed E-state index contributed by atoms with van der Waals surface area (Å²) in [4.78, 5) is 21.5. The number of hydrogen-bond donors (Lipinski definition) is 1. The number of aromatic nitrogens is 1. The fraction of sp³-hybridized carbons (Fsp3) is 0.273. The molecule has 1 saturated heterocycles. The van der Waals surface area contributed by atoms with Crippen molar-refractivity contribution >= 4 is 11.7 Å². The van der Waals surface area contributed by atoms with Crippen molar-refractivity contribution in [3.05, 3.63) is 83.9 Å². The Hall–Kier alpha value is -3.12. The maximum absolute atomic E-state index is 12.2. The first-order valence-corrected chi connectivity index (χ1v) is 9.56. The lowest BCUT2D eigenvalue weighted by Gasteiger charge is -2.35. The van der Waals surface area contributed by atoms with Gasteiger partial charge in [-0.2, -0.15) is 0 Å². The van der Waals surface area contributed by atoms with Crippen LogP contribution in [0.15, 0.2) is 71.5 Å². The Balaban J connectivity index is 1.28. The van der Waals surface area contributed by atoms with E-state index in [-0.39, 0.29) is 5.91 Å². The molecule has 3 aromatic rings. The third-order valence-electron chi connectivity index (χ3n) is 4.96. The highest BCUT2D eigenvalue weighted by Gasteiger charge is 2.18. The lowest BCUT2D eigenvalue weighted by atomic mass is 10.2. The summed E-state index contributed by atoms with van der Waals surface area (Å²) in [5.41, 5.74) is 1.90. The number of nitrogens with zero attached hydrogens (tertiary/aromatic N) is 3. The molecule has 2 aromatic heterocycles. The van der Waals surface area contributed by atoms with E-state index in [2.05, 4.69) is 44.4 Å². The zero-order valence-corrected chi connectivity index (χ0v) is 15.8. The number of furan rings is 1. The first-order valence-electron chi connectivity index (χ1n) is 9.56. The molecule has 0 saturated carbocycles. The van der Waals surface area contributed by atoms with Gasteiger partial charge >= 0.3 is 0 Å². The van der Waals surface area contributed by atoms with E-state index < -0.39 is 0 Å². The van der Waals surface area contributed by atoms with Crippen LogP contribution in [0, 0.1) is 0 Å². The summed E-state index contributed by atoms with van der Waals surface area (Å²) in [7, 11) is 0. The van der Waals surface area contributed by atoms with E-state index in [0.717, 1.165) is 44.3 Å². The number of hydrogen-bond acceptors (Lipinski definition) is 5. The fourth-order valence-corrected chi connectivity index (χ4v) is 3.37. The summed E-state index contributed by atoms with van der Waals surface area (Å²) in [6.45, 7) is 5.23. The number of anilines is 1. The minimum Gasteiger partial charge on any atom is -0.467 e. The first kappa shape index (κ1) is 18.3. The van der Waals surface area contributed by atoms with Gasteiger partial charge in [0.1, 0.15) is 11.6 Å². The highest BCUT2D eigenvalue weighted by atomic mass is 16.3. The Bertz CT molecular complexity index is 871. The van der Waals surface area contributed by atoms with Crippen molar-refractivity contribution in [3.8, 4) is 0 Å². The largest absolute Gasteiger partial charge is 0.467 e. The van der Waals surface area contributed by atoms with Gasteiger partial charge in [-0.1, -0.05) is 30.3 Å². The van der Waals surface area contributed by atoms with Crippen LogP contribution in [0.5, 0.6) is 0 Å². The molecular formula is C22H24N4O2. The molecule has 1 amide bonds. The Morgan fingerprint density at radius 2 is 1.82 bits per heavy atom. The summed E-state index contributed by atoms with van der Waals surface area (Å²) >= 11 is 0. The molecule has 1 fully saturated rings. The van der Waals surface area contributed by atoms with Crippen LogP contribution < -0.4 is 10.2 Å². The van der Waals surface area contributed by atoms with Crippen LogP contribution in [-0.4, -0.2) is 42.0 Å². The van der Waals surface area contributed by atoms with Crippen molar-refractivity contribution in [2.24, 2.45) is 0 Å². The quantitative estimate of drug-likeness (QED) is 0.717. The van der Waals surface area contributed by atoms with Gasteiger partial charge < -0.3 is 14.6 Å². The van der Waals surface area contributed by atoms with Crippen molar-refractivity contribution in [1.82, 2.24) is 15.2 Å². The lowest BCUT2D eigenvalue weighted by molar-refractivity contribution is 0.0947. The van der Waals surface area contributed by atoms with Gasteiger partial charge in [-0.25, -0.2) is 4.98 Å². The maximum Gasteiger partial charge on any atom is 0.253 e. The molecular weight excluding hydrogens is 352 g/mol. The van der Waals surface area contributed by atoms with Crippen LogP contribution in [-0.2, 0) is 13.1 Å². The zero-order valence-electron chi connectivity index (χ0n) is 15.8. The van der Waals surface area contributed by atoms with Gasteiger partial charge in [0.25, 0.3) is 5.91 Å². The van der Waals surface area contributed by atoms with Gasteiger partial charge in [0, 0.05) is 38.9 Å². The predicted octanol–water partition coefficient (Wildman–Crippen LogP) is 2.93. The zero-order chi connectivity index (χ0) is 19.2. The molecule has 0 spiro atoms. The molecule has 0 unspecified atom stereocenters. The third kappa shape index (κ3) is 4.58. The molecule has 6 heteroatoms. The molecule has 0 bridgehead atoms. The van der Waals surface area contributed by atoms with Crippen LogP contribution in [0.3, 0.4) is 0 Å². The minimum atomic E-state index is -0.150. The van der Waals surface area contributed by atoms with E-state index in [9.17, 15) is 4.79 Å². The van der Waals surface area contributed by atoms with Crippen molar-refractivity contribution in [1.29, 1.82) is 0 Å². The van der Waals surface area contributed by atoms with E-state index in [1.54, 1.807) is 18.5 Å². The summed E-state index contributed by atoms with van der Waals surface area (Å²) in [5.74, 6) is 1.50. The molecule has 6 nitrogen and oxygen atoms in total. The highest BCUT2D eigenvalue weighted by Crippen LogP contribution is 2.15. The Morgan fingerprint density at radius 1 is 1.00 bits per heavy atom. The third-order valence-corrected chi connectivity index (χ3v) is 4.96. The number of benzene rings is 1. The van der Waals surface area contributed by atoms with Gasteiger partial charge in [0.05, 0.1) is 18.4 Å². The standard InChI is InChI=1S/C22H24N4O2/c27-22(24-16-20-7-4-14-28-20)19-8-9-21(23-15-19)26-12-10-25(11-13-26)17-18-5-2-1-3-6-18/h1-9,14-15H,10-13,16-17H2,(H,24,27). The van der Waals surface area contributed by atoms with Crippen LogP contribution in [0.25, 0.3) is 0 Å². The smallest absolute Gasteiger partial charge is 0.253 e. The minimum absolute atomic E-state index is 0.150. The Kier molecular flexibility index (Phi) is 5.68. The molecule has 0 aliphatic carbocycles. The van der Waals surface area contributed by atoms with E-state index in [4.69, 9.17) is 4.42 Å². The van der Waals surface area contributed by atoms with E-state index >= 15 is 0 Å². The van der Waals surface area contributed by atoms with Gasteiger partial charge in [-0.3, -0.25) is 9.69 Å². The average Bonchev–Trinajstić information content (AvgIpc) is 3.27. The van der Waals surface area contributed by atoms with Crippen molar-refractivity contribution < 1.29 is 9.21 Å². The molecule has 1 N–H and O–H groups in total. The number of rotatable bonds is 6. The summed E-state index contributed by atoms with van der Waals surface area (Å²) in [5, 5.41) is 2.84. The summed E-state index contributed by atoms with van der Waals surface area (Å²) in [6.07, 6.45) is 3.24. The molecule has 0 radical (unpaired) electrons. The van der Waals surface area contributed by atoms with Gasteiger partial charge in [0.15, 0.2) is 0 Å². The second kappa shape index (κ2) is 8.71. The number of nitrogens with one attached hydrogen (secondary N) is 1. The van der Waals surface area contributed by atoms with Gasteiger partial charge in [-0.05, 0) is 29.8 Å². The highest BCUT2D eigenvalue weighted by molar-refractivity contribution is 5.93. The molecule has 28 heavy (non-hydrogen) atoms. The van der Waals surface area contributed by atoms with E-state index in [1.165, 1.54) is 5.56 Å². The second-order valence-electron chi connectivity index (χ2n) is 6.92. The Labute approximate surface area is 164 Å². The predicted molar refractivity (Wildman–Crippen MR) is 108 cm³/mol. The van der Waals surface area contributed by atoms with Crippen molar-refractivity contribution in [2.75, 3.05) is 31.1 Å². The fourth-order valence-electron chi connectivity index (χ4n) is 3.37. The molecule has 3 heterocycles. The van der Waals surface area contributed by atoms with Crippen LogP contribution in [0.4, 0.5) is 5.82 Å². The van der Waals surface area contributed by atoms with Crippen LogP contribution in [0.1, 0.15) is 21.7 Å². The first-order chi connectivity index (χ1) is 13.8. The van der Waals surface area contributed by atoms with Gasteiger partial charge in [0.2, 0.25) is 0 Å². The normalized spacial score (nSPS) is 14.8. The number of carbonyl (C=O) groups excluding carboxylic acids is 1. The monoisotopic (exact) mass is 376 g/mol. The number of pyridine rings is 1. The average molecular weight is 376 g/mol. The summed E-state index contributed by atoms with van der Waals surface area (Å²) in [6, 6.07) is 18.0. The molecule has 144 valence electrons. The van der Waals surface area contributed by atoms with E-state index in [0.29, 0.717) is 12.1 Å². The molecule has 1 aliphatic rings. The lowest BCUT2D eigenvalue weighted by Crippen LogP contribution is -2.46. The second-order valence-corrected chi connectivity index (χ2v) is 6.92. The number of piperazine rings is 1. The molecule has 1 aliphatic heterocycles. The SMILES string of the molecule is O=C(NCc1ccco1)c1ccc(N2CCN(Cc3ccccc3)CC2)nc1. The Morgan fingerprint density at radius 3 is 2.50 bits per heavy atom. The van der Waals surface area contributed by atoms with Crippen molar-refractivity contribution in [2.45, 2.75) is 13.1 Å². The number of amides is 1. The van der Waals surface area contributed by atoms with Crippen LogP contribution in [0.2, 0.25) is 0 Å². The molecule has 1 aromatic carbocycles. The van der Waals surface area contributed by atoms with Crippen molar-refractivity contribution in [3.63, 3.8) is 0 Å². The number of carbonyl (C=O) groups is 1. The van der Waals surface area contributed by atoms with Gasteiger partial charge in [-0.15, -0.1) is 0 Å². The maximum atomic E-state index is 12.2. The van der Waals surface area contributed by atoms with E-state index in [1.807, 2.05) is 24.3 Å². The summed E-state index contributed by atoms with van der Waals surface area (Å²) < 4.78 is 5.22.